The number of benzene rings is 8. The summed E-state index contributed by atoms with van der Waals surface area (Å²) in [6.07, 6.45) is 6.38. The van der Waals surface area contributed by atoms with Gasteiger partial charge in [0, 0.05) is 26.2 Å². The molecule has 0 amide bonds. The van der Waals surface area contributed by atoms with E-state index in [9.17, 15) is 42.7 Å². The van der Waals surface area contributed by atoms with Gasteiger partial charge in [-0.15, -0.1) is 0 Å². The molecule has 8 aromatic rings. The average Bonchev–Trinajstić information content (AvgIpc) is 0.773. The Morgan fingerprint density at radius 3 is 0.922 bits per heavy atom. The van der Waals surface area contributed by atoms with Crippen molar-refractivity contribution in [1.29, 1.82) is 0 Å². The molecular formula is C88H87Cl2FN16O8. The predicted molar refractivity (Wildman–Crippen MR) is 452 cm³/mol. The van der Waals surface area contributed by atoms with E-state index in [0.717, 1.165) is 127 Å². The number of nitrogens with one attached hydrogen (secondary N) is 4. The highest BCUT2D eigenvalue weighted by Gasteiger charge is 2.25. The summed E-state index contributed by atoms with van der Waals surface area (Å²) in [5.74, 6) is 1.03. The standard InChI is InChI=1S/C22H21FN4O2.2C22H22N4O2.C21H18Cl2N4O2.CH4/c1-12-6-7-15(11-16(12)23)5-4-8-27-18-10-14(3)13(2)9-17(18)24-19-20(27)25-22(29)26-21(19)28;1-13-6-4-7-16(10-13)8-5-9-26-18-12-15(3)14(2)11-17(18)23-19-20(26)24-22(28)25-21(19)27;1-13-6-8-16(9-7-13)5-4-10-26-18-12-15(3)14(2)11-17(18)23-19-20(26)24-22(28)25-21(19)27;1-11-8-16-17(9-12(11)2)27(19-18(24-16)20(28)26-21(29)25-19)7-3-4-13-5-6-14(22)15(23)10-13;/h6-7,9-11H,4-5,8H2,1-3H3,(H,26,28,29);4,6-7,10-12H,5,8-9H2,1-3H3,(H,25,27,28);6-9,11-12H,4-5,10H2,1-3H3,(H,25,27,28);5-6,8-10H,3-4,7H2,1-2H3,(H,26,28,29);1H4. The Balaban J connectivity index is 0.000000141. The Morgan fingerprint density at radius 1 is 0.304 bits per heavy atom. The van der Waals surface area contributed by atoms with Crippen LogP contribution in [0.3, 0.4) is 0 Å². The zero-order valence-electron chi connectivity index (χ0n) is 65.0. The van der Waals surface area contributed by atoms with Crippen LogP contribution in [-0.4, -0.2) is 78.1 Å². The van der Waals surface area contributed by atoms with E-state index in [-0.39, 0.29) is 41.8 Å². The summed E-state index contributed by atoms with van der Waals surface area (Å²) in [7, 11) is 0. The first-order valence-electron chi connectivity index (χ1n) is 37.5. The van der Waals surface area contributed by atoms with E-state index < -0.39 is 45.0 Å². The second-order valence-corrected chi connectivity index (χ2v) is 30.0. The Morgan fingerprint density at radius 2 is 0.600 bits per heavy atom. The highest BCUT2D eigenvalue weighted by molar-refractivity contribution is 6.42. The van der Waals surface area contributed by atoms with Crippen LogP contribution in [0.4, 0.5) is 4.39 Å². The van der Waals surface area contributed by atoms with E-state index in [2.05, 4.69) is 134 Å². The van der Waals surface area contributed by atoms with Gasteiger partial charge in [-0.3, -0.25) is 39.1 Å². The van der Waals surface area contributed by atoms with Gasteiger partial charge in [0.2, 0.25) is 0 Å². The number of rotatable bonds is 16. The molecule has 16 rings (SSSR count). The molecule has 4 N–H and O–H groups in total. The lowest BCUT2D eigenvalue weighted by Gasteiger charge is -2.17. The summed E-state index contributed by atoms with van der Waals surface area (Å²) in [5.41, 5.74) is 18.6. The first kappa shape index (κ1) is 81.9. The third-order valence-corrected chi connectivity index (χ3v) is 21.4. The lowest BCUT2D eigenvalue weighted by atomic mass is 10.1. The van der Waals surface area contributed by atoms with Gasteiger partial charge in [-0.2, -0.15) is 19.9 Å². The third-order valence-electron chi connectivity index (χ3n) is 20.7. The van der Waals surface area contributed by atoms with E-state index in [1.54, 1.807) is 25.1 Å². The summed E-state index contributed by atoms with van der Waals surface area (Å²) < 4.78 is 21.5. The first-order chi connectivity index (χ1) is 54.5. The van der Waals surface area contributed by atoms with Crippen LogP contribution < -0.4 is 45.0 Å². The normalized spacial score (nSPS) is 11.3. The minimum Gasteiger partial charge on any atom is -0.322 e. The summed E-state index contributed by atoms with van der Waals surface area (Å²) >= 11 is 12.1. The van der Waals surface area contributed by atoms with Gasteiger partial charge in [-0.1, -0.05) is 108 Å². The Bertz CT molecular complexity index is 6600. The van der Waals surface area contributed by atoms with E-state index in [4.69, 9.17) is 23.2 Å². The SMILES string of the molecule is C.Cc1cc2nc3c(=O)[nH]c(=O)nc-3n(CCCc3ccc(C)c(F)c3)c2cc1C.Cc1cc2nc3c(=O)[nH]c(=O)nc-3n(CCCc3ccc(Cl)c(Cl)c3)c2cc1C.Cc1ccc(CCCn2c3nc(=O)[nH]c(=O)c-3nc3cc(C)c(C)cc32)cc1.Cc1cccc(CCCn2c3nc(=O)[nH]c(=O)c-3nc3cc(C)c(C)cc32)c1. The summed E-state index contributed by atoms with van der Waals surface area (Å²) in [6.45, 7) is 24.4. The average molecular weight is 1590 g/mol. The zero-order chi connectivity index (χ0) is 81.1. The lowest BCUT2D eigenvalue weighted by molar-refractivity contribution is 0.610. The van der Waals surface area contributed by atoms with Crippen LogP contribution >= 0.6 is 23.2 Å². The maximum absolute atomic E-state index is 13.8. The number of aryl methyl sites for hydroxylation is 19. The molecule has 0 radical (unpaired) electrons. The van der Waals surface area contributed by atoms with Crippen molar-refractivity contribution >= 4 is 67.3 Å². The van der Waals surface area contributed by atoms with Gasteiger partial charge in [0.25, 0.3) is 22.2 Å². The first-order valence-corrected chi connectivity index (χ1v) is 38.2. The van der Waals surface area contributed by atoms with E-state index in [1.165, 1.54) is 22.3 Å². The van der Waals surface area contributed by atoms with Gasteiger partial charge in [-0.05, 0) is 267 Å². The third kappa shape index (κ3) is 18.4. The van der Waals surface area contributed by atoms with Crippen molar-refractivity contribution in [3.05, 3.63) is 316 Å². The van der Waals surface area contributed by atoms with Gasteiger partial charge in [0.15, 0.2) is 46.1 Å². The molecule has 24 nitrogen and oxygen atoms in total. The van der Waals surface area contributed by atoms with Crippen LogP contribution in [0.1, 0.15) is 117 Å². The summed E-state index contributed by atoms with van der Waals surface area (Å²) in [5, 5.41) is 1.04. The van der Waals surface area contributed by atoms with Crippen molar-refractivity contribution in [2.75, 3.05) is 0 Å². The molecule has 8 heterocycles. The fourth-order valence-electron chi connectivity index (χ4n) is 14.0. The molecule has 0 unspecified atom stereocenters. The number of hydrogen-bond acceptors (Lipinski definition) is 16. The molecular weight excluding hydrogens is 1500 g/mol. The van der Waals surface area contributed by atoms with Crippen LogP contribution in [0.25, 0.3) is 90.2 Å². The molecule has 8 aromatic carbocycles. The molecule has 0 saturated carbocycles. The fraction of sp³-hybridized carbons (Fsp3) is 0.273. The molecule has 0 atom stereocenters. The Labute approximate surface area is 669 Å². The fourth-order valence-corrected chi connectivity index (χ4v) is 14.3. The van der Waals surface area contributed by atoms with Crippen molar-refractivity contribution in [3.8, 4) is 46.1 Å². The van der Waals surface area contributed by atoms with Gasteiger partial charge < -0.3 is 18.3 Å². The van der Waals surface area contributed by atoms with E-state index in [0.29, 0.717) is 83.1 Å². The maximum atomic E-state index is 13.8. The number of aromatic amines is 4. The molecule has 588 valence electrons. The van der Waals surface area contributed by atoms with Crippen LogP contribution in [0.15, 0.2) is 172 Å². The molecule has 8 aliphatic heterocycles. The second kappa shape index (κ2) is 34.8. The molecule has 0 bridgehead atoms. The topological polar surface area (TPSA) is 323 Å². The van der Waals surface area contributed by atoms with E-state index in [1.807, 2.05) is 128 Å². The minimum atomic E-state index is -0.693. The smallest absolute Gasteiger partial charge is 0.322 e. The zero-order valence-corrected chi connectivity index (χ0v) is 66.5. The minimum absolute atomic E-state index is 0. The number of aromatic nitrogens is 16. The predicted octanol–water partition coefficient (Wildman–Crippen LogP) is 14.3. The highest BCUT2D eigenvalue weighted by Crippen LogP contribution is 2.31. The number of nitrogens with zero attached hydrogens (tertiary/aromatic N) is 12. The largest absolute Gasteiger partial charge is 0.349 e. The van der Waals surface area contributed by atoms with Crippen molar-refractivity contribution in [3.63, 3.8) is 0 Å². The van der Waals surface area contributed by atoms with Gasteiger partial charge in [0.05, 0.1) is 54.2 Å². The van der Waals surface area contributed by atoms with E-state index >= 15 is 0 Å². The maximum Gasteiger partial charge on any atom is 0.349 e. The number of H-pyrrole nitrogens is 4. The van der Waals surface area contributed by atoms with Crippen LogP contribution in [0.2, 0.25) is 10.0 Å². The lowest BCUT2D eigenvalue weighted by Crippen LogP contribution is -2.29. The molecule has 0 spiro atoms. The van der Waals surface area contributed by atoms with Crippen LogP contribution in [0.5, 0.6) is 0 Å². The Hall–Kier alpha value is -12.6. The second-order valence-electron chi connectivity index (χ2n) is 29.1. The number of fused-ring (bicyclic) bond motifs is 8. The van der Waals surface area contributed by atoms with Gasteiger partial charge in [0.1, 0.15) is 5.82 Å². The summed E-state index contributed by atoms with van der Waals surface area (Å²) in [6, 6.07) is 43.7. The van der Waals surface area contributed by atoms with Crippen molar-refractivity contribution < 1.29 is 4.39 Å². The van der Waals surface area contributed by atoms with Crippen molar-refractivity contribution in [2.24, 2.45) is 0 Å². The molecule has 0 aliphatic carbocycles. The van der Waals surface area contributed by atoms with Gasteiger partial charge >= 0.3 is 22.8 Å². The quantitative estimate of drug-likeness (QED) is 0.0653. The molecule has 0 saturated heterocycles. The molecule has 27 heteroatoms. The van der Waals surface area contributed by atoms with Crippen molar-refractivity contribution in [2.45, 2.75) is 161 Å². The highest BCUT2D eigenvalue weighted by atomic mass is 35.5. The molecule has 8 aliphatic rings. The number of halogens is 3. The number of hydrogen-bond donors (Lipinski definition) is 4. The van der Waals surface area contributed by atoms with Gasteiger partial charge in [-0.25, -0.2) is 43.5 Å². The molecule has 0 aromatic heterocycles. The monoisotopic (exact) mass is 1580 g/mol. The summed E-state index contributed by atoms with van der Waals surface area (Å²) in [4.78, 5) is 139. The van der Waals surface area contributed by atoms with Crippen LogP contribution in [0, 0.1) is 82.0 Å². The Kier molecular flexibility index (Phi) is 24.8. The van der Waals surface area contributed by atoms with Crippen LogP contribution in [-0.2, 0) is 51.9 Å². The van der Waals surface area contributed by atoms with Crippen molar-refractivity contribution in [1.82, 2.24) is 78.1 Å². The molecule has 115 heavy (non-hydrogen) atoms. The molecule has 0 fully saturated rings.